The highest BCUT2D eigenvalue weighted by atomic mass is 32.2. The molecule has 5 nitrogen and oxygen atoms in total. The normalized spacial score (nSPS) is 24.5. The molecule has 0 bridgehead atoms. The van der Waals surface area contributed by atoms with Gasteiger partial charge in [-0.25, -0.2) is 13.1 Å². The fourth-order valence-electron chi connectivity index (χ4n) is 4.11. The van der Waals surface area contributed by atoms with Gasteiger partial charge in [0.2, 0.25) is 10.0 Å². The molecule has 1 aromatic rings. The van der Waals surface area contributed by atoms with Crippen LogP contribution in [0.1, 0.15) is 55.8 Å². The number of likely N-dealkylation sites (tertiary alicyclic amines) is 1. The second-order valence-electron chi connectivity index (χ2n) is 6.78. The van der Waals surface area contributed by atoms with Crippen molar-refractivity contribution >= 4 is 15.9 Å². The zero-order valence-corrected chi connectivity index (χ0v) is 15.0. The lowest BCUT2D eigenvalue weighted by Gasteiger charge is -2.44. The Labute approximate surface area is 144 Å². The van der Waals surface area contributed by atoms with E-state index in [9.17, 15) is 13.2 Å². The summed E-state index contributed by atoms with van der Waals surface area (Å²) in [4.78, 5) is 15.2. The molecule has 2 unspecified atom stereocenters. The van der Waals surface area contributed by atoms with Gasteiger partial charge in [0, 0.05) is 24.7 Å². The molecule has 1 amide bonds. The molecule has 1 aliphatic carbocycles. The highest BCUT2D eigenvalue weighted by Gasteiger charge is 2.36. The first-order valence-corrected chi connectivity index (χ1v) is 10.4. The molecule has 1 N–H and O–H groups in total. The first-order chi connectivity index (χ1) is 11.5. The number of carbonyl (C=O) groups is 1. The second kappa shape index (κ2) is 7.23. The topological polar surface area (TPSA) is 66.5 Å². The first kappa shape index (κ1) is 17.4. The summed E-state index contributed by atoms with van der Waals surface area (Å²) < 4.78 is 26.8. The van der Waals surface area contributed by atoms with E-state index in [0.717, 1.165) is 19.4 Å². The molecule has 2 aliphatic rings. The number of rotatable bonds is 4. The van der Waals surface area contributed by atoms with Gasteiger partial charge in [-0.1, -0.05) is 25.8 Å². The Balaban J connectivity index is 1.84. The van der Waals surface area contributed by atoms with Crippen LogP contribution in [0.3, 0.4) is 0 Å². The van der Waals surface area contributed by atoms with Crippen molar-refractivity contribution in [1.29, 1.82) is 0 Å². The zero-order valence-electron chi connectivity index (χ0n) is 14.2. The van der Waals surface area contributed by atoms with E-state index < -0.39 is 10.0 Å². The molecule has 2 fully saturated rings. The van der Waals surface area contributed by atoms with Gasteiger partial charge in [0.25, 0.3) is 5.91 Å². The summed E-state index contributed by atoms with van der Waals surface area (Å²) in [5.74, 6) is 0.588. The summed E-state index contributed by atoms with van der Waals surface area (Å²) in [5.41, 5.74) is 0.472. The maximum Gasteiger partial charge on any atom is 0.254 e. The lowest BCUT2D eigenvalue weighted by molar-refractivity contribution is 0.0390. The van der Waals surface area contributed by atoms with Crippen LogP contribution < -0.4 is 4.72 Å². The minimum absolute atomic E-state index is 0.0276. The zero-order chi connectivity index (χ0) is 17.2. The molecule has 0 aromatic heterocycles. The van der Waals surface area contributed by atoms with Crippen LogP contribution in [-0.4, -0.2) is 38.4 Å². The van der Waals surface area contributed by atoms with E-state index in [0.29, 0.717) is 24.1 Å². The van der Waals surface area contributed by atoms with Crippen LogP contribution in [0.15, 0.2) is 29.2 Å². The smallest absolute Gasteiger partial charge is 0.254 e. The van der Waals surface area contributed by atoms with E-state index in [1.54, 1.807) is 19.1 Å². The van der Waals surface area contributed by atoms with Crippen molar-refractivity contribution in [3.05, 3.63) is 29.8 Å². The third kappa shape index (κ3) is 3.49. The third-order valence-corrected chi connectivity index (χ3v) is 6.77. The van der Waals surface area contributed by atoms with Crippen molar-refractivity contribution in [2.24, 2.45) is 5.92 Å². The van der Waals surface area contributed by atoms with Crippen LogP contribution in [0.25, 0.3) is 0 Å². The Kier molecular flexibility index (Phi) is 5.25. The monoisotopic (exact) mass is 350 g/mol. The van der Waals surface area contributed by atoms with Crippen LogP contribution in [0.5, 0.6) is 0 Å². The van der Waals surface area contributed by atoms with E-state index in [-0.39, 0.29) is 10.8 Å². The highest BCUT2D eigenvalue weighted by molar-refractivity contribution is 7.89. The van der Waals surface area contributed by atoms with E-state index in [4.69, 9.17) is 0 Å². The van der Waals surface area contributed by atoms with Gasteiger partial charge in [-0.05, 0) is 49.8 Å². The van der Waals surface area contributed by atoms with Crippen LogP contribution in [-0.2, 0) is 10.0 Å². The number of sulfonamides is 1. The Morgan fingerprint density at radius 3 is 2.75 bits per heavy atom. The lowest BCUT2D eigenvalue weighted by atomic mass is 9.78. The summed E-state index contributed by atoms with van der Waals surface area (Å²) >= 11 is 0. The van der Waals surface area contributed by atoms with Crippen LogP contribution in [0, 0.1) is 5.92 Å². The van der Waals surface area contributed by atoms with E-state index in [1.807, 2.05) is 4.90 Å². The number of hydrogen-bond donors (Lipinski definition) is 1. The molecule has 24 heavy (non-hydrogen) atoms. The van der Waals surface area contributed by atoms with Gasteiger partial charge in [0.1, 0.15) is 0 Å². The van der Waals surface area contributed by atoms with Gasteiger partial charge in [-0.15, -0.1) is 0 Å². The molecule has 6 heteroatoms. The molecular weight excluding hydrogens is 324 g/mol. The van der Waals surface area contributed by atoms with Crippen LogP contribution in [0.4, 0.5) is 0 Å². The SMILES string of the molecule is CCNS(=O)(=O)c1cccc(C(=O)N2CCCC3CCCCC32)c1. The summed E-state index contributed by atoms with van der Waals surface area (Å²) in [7, 11) is -3.54. The molecule has 1 saturated carbocycles. The standard InChI is InChI=1S/C18H26N2O3S/c1-2-19-24(22,23)16-10-5-8-15(13-16)18(21)20-12-6-9-14-7-3-4-11-17(14)20/h5,8,10,13-14,17,19H,2-4,6-7,9,11-12H2,1H3. The highest BCUT2D eigenvalue weighted by Crippen LogP contribution is 2.36. The van der Waals surface area contributed by atoms with Crippen molar-refractivity contribution < 1.29 is 13.2 Å². The van der Waals surface area contributed by atoms with E-state index >= 15 is 0 Å². The predicted molar refractivity (Wildman–Crippen MR) is 93.3 cm³/mol. The predicted octanol–water partition coefficient (Wildman–Crippen LogP) is 2.78. The average Bonchev–Trinajstić information content (AvgIpc) is 2.61. The summed E-state index contributed by atoms with van der Waals surface area (Å²) in [6, 6.07) is 6.75. The van der Waals surface area contributed by atoms with Gasteiger partial charge in [-0.3, -0.25) is 4.79 Å². The minimum atomic E-state index is -3.54. The van der Waals surface area contributed by atoms with Crippen molar-refractivity contribution in [2.75, 3.05) is 13.1 Å². The fourth-order valence-corrected chi connectivity index (χ4v) is 5.20. The molecule has 1 saturated heterocycles. The minimum Gasteiger partial charge on any atom is -0.335 e. The largest absolute Gasteiger partial charge is 0.335 e. The van der Waals surface area contributed by atoms with Gasteiger partial charge in [0.15, 0.2) is 0 Å². The van der Waals surface area contributed by atoms with Gasteiger partial charge in [0.05, 0.1) is 4.90 Å². The number of hydrogen-bond acceptors (Lipinski definition) is 3. The van der Waals surface area contributed by atoms with E-state index in [1.165, 1.54) is 37.8 Å². The maximum absolute atomic E-state index is 13.0. The third-order valence-electron chi connectivity index (χ3n) is 5.23. The van der Waals surface area contributed by atoms with Crippen LogP contribution in [0.2, 0.25) is 0 Å². The lowest BCUT2D eigenvalue weighted by Crippen LogP contribution is -2.49. The Bertz CT molecular complexity index is 700. The van der Waals surface area contributed by atoms with Crippen LogP contribution >= 0.6 is 0 Å². The summed E-state index contributed by atoms with van der Waals surface area (Å²) in [6.07, 6.45) is 6.99. The fraction of sp³-hybridized carbons (Fsp3) is 0.611. The maximum atomic E-state index is 13.0. The number of carbonyl (C=O) groups excluding carboxylic acids is 1. The summed E-state index contributed by atoms with van der Waals surface area (Å²) in [6.45, 7) is 2.85. The molecule has 1 aromatic carbocycles. The Morgan fingerprint density at radius 2 is 1.96 bits per heavy atom. The Hall–Kier alpha value is -1.40. The first-order valence-electron chi connectivity index (χ1n) is 8.93. The second-order valence-corrected chi connectivity index (χ2v) is 8.55. The van der Waals surface area contributed by atoms with Crippen molar-refractivity contribution in [3.8, 4) is 0 Å². The number of piperidine rings is 1. The molecule has 132 valence electrons. The van der Waals surface area contributed by atoms with Crippen molar-refractivity contribution in [1.82, 2.24) is 9.62 Å². The number of nitrogens with zero attached hydrogens (tertiary/aromatic N) is 1. The average molecular weight is 350 g/mol. The van der Waals surface area contributed by atoms with E-state index in [2.05, 4.69) is 4.72 Å². The summed E-state index contributed by atoms with van der Waals surface area (Å²) in [5, 5.41) is 0. The molecule has 0 spiro atoms. The van der Waals surface area contributed by atoms with Gasteiger partial charge < -0.3 is 4.90 Å². The molecule has 3 rings (SSSR count). The van der Waals surface area contributed by atoms with Gasteiger partial charge >= 0.3 is 0 Å². The molecule has 1 aliphatic heterocycles. The molecule has 2 atom stereocenters. The van der Waals surface area contributed by atoms with Crippen molar-refractivity contribution in [2.45, 2.75) is 56.4 Å². The molecule has 1 heterocycles. The number of fused-ring (bicyclic) bond motifs is 1. The number of amides is 1. The molecule has 0 radical (unpaired) electrons. The quantitative estimate of drug-likeness (QED) is 0.908. The Morgan fingerprint density at radius 1 is 1.21 bits per heavy atom. The number of benzene rings is 1. The van der Waals surface area contributed by atoms with Crippen molar-refractivity contribution in [3.63, 3.8) is 0 Å². The van der Waals surface area contributed by atoms with Gasteiger partial charge in [-0.2, -0.15) is 0 Å². The molecular formula is C18H26N2O3S. The number of nitrogens with one attached hydrogen (secondary N) is 1.